The molecule has 0 aromatic heterocycles. The highest BCUT2D eigenvalue weighted by molar-refractivity contribution is 7.99. The van der Waals surface area contributed by atoms with Crippen molar-refractivity contribution >= 4 is 11.8 Å². The van der Waals surface area contributed by atoms with Gasteiger partial charge in [0.25, 0.3) is 0 Å². The fraction of sp³-hybridized carbons (Fsp3) is 1.00. The summed E-state index contributed by atoms with van der Waals surface area (Å²) in [6.07, 6.45) is 2.75. The van der Waals surface area contributed by atoms with Gasteiger partial charge in [0.05, 0.1) is 5.54 Å². The van der Waals surface area contributed by atoms with Crippen LogP contribution in [0.2, 0.25) is 0 Å². The van der Waals surface area contributed by atoms with Gasteiger partial charge in [0, 0.05) is 18.8 Å². The zero-order valence-electron chi connectivity index (χ0n) is 6.86. The lowest BCUT2D eigenvalue weighted by molar-refractivity contribution is 0.242. The van der Waals surface area contributed by atoms with Crippen LogP contribution in [0.4, 0.5) is 0 Å². The van der Waals surface area contributed by atoms with Crippen molar-refractivity contribution in [1.29, 1.82) is 0 Å². The Balaban J connectivity index is 1.86. The number of rotatable bonds is 0. The number of thioether (sulfide) groups is 1. The third kappa shape index (κ3) is 1.71. The molecular formula is C8H16N2S. The molecule has 2 aliphatic heterocycles. The summed E-state index contributed by atoms with van der Waals surface area (Å²) in [6.45, 7) is 3.59. The number of hydrogen-bond acceptors (Lipinski definition) is 3. The highest BCUT2D eigenvalue weighted by Crippen LogP contribution is 2.21. The Morgan fingerprint density at radius 3 is 2.82 bits per heavy atom. The van der Waals surface area contributed by atoms with Crippen molar-refractivity contribution in [3.63, 3.8) is 0 Å². The van der Waals surface area contributed by atoms with Crippen molar-refractivity contribution < 1.29 is 0 Å². The van der Waals surface area contributed by atoms with E-state index < -0.39 is 0 Å². The van der Waals surface area contributed by atoms with E-state index in [2.05, 4.69) is 22.4 Å². The summed E-state index contributed by atoms with van der Waals surface area (Å²) >= 11 is 2.11. The van der Waals surface area contributed by atoms with Gasteiger partial charge in [-0.15, -0.1) is 0 Å². The molecule has 2 rings (SSSR count). The summed E-state index contributed by atoms with van der Waals surface area (Å²) in [5, 5.41) is 7.00. The molecule has 2 nitrogen and oxygen atoms in total. The van der Waals surface area contributed by atoms with Crippen molar-refractivity contribution in [3.8, 4) is 0 Å². The SMILES string of the molecule is C1CCSCC2(CNC2)NC1. The third-order valence-electron chi connectivity index (χ3n) is 2.52. The summed E-state index contributed by atoms with van der Waals surface area (Å²) in [6, 6.07) is 0. The first-order valence-corrected chi connectivity index (χ1v) is 5.60. The van der Waals surface area contributed by atoms with Crippen LogP contribution in [-0.4, -0.2) is 36.7 Å². The van der Waals surface area contributed by atoms with Crippen LogP contribution in [0.3, 0.4) is 0 Å². The molecule has 2 saturated heterocycles. The van der Waals surface area contributed by atoms with Crippen molar-refractivity contribution in [1.82, 2.24) is 10.6 Å². The Hall–Kier alpha value is 0.270. The Morgan fingerprint density at radius 2 is 2.09 bits per heavy atom. The van der Waals surface area contributed by atoms with E-state index in [1.165, 1.54) is 44.0 Å². The van der Waals surface area contributed by atoms with Crippen LogP contribution >= 0.6 is 11.8 Å². The molecule has 2 N–H and O–H groups in total. The van der Waals surface area contributed by atoms with E-state index in [9.17, 15) is 0 Å². The van der Waals surface area contributed by atoms with E-state index in [1.54, 1.807) is 0 Å². The normalized spacial score (nSPS) is 30.5. The van der Waals surface area contributed by atoms with E-state index in [4.69, 9.17) is 0 Å². The standard InChI is InChI=1S/C8H16N2S/c1-2-4-11-7-8(10-3-1)5-9-6-8/h9-10H,1-7H2. The lowest BCUT2D eigenvalue weighted by Crippen LogP contribution is -2.69. The topological polar surface area (TPSA) is 24.1 Å². The van der Waals surface area contributed by atoms with Gasteiger partial charge >= 0.3 is 0 Å². The Kier molecular flexibility index (Phi) is 2.39. The van der Waals surface area contributed by atoms with E-state index in [-0.39, 0.29) is 0 Å². The lowest BCUT2D eigenvalue weighted by Gasteiger charge is -2.44. The van der Waals surface area contributed by atoms with E-state index in [0.29, 0.717) is 5.54 Å². The fourth-order valence-electron chi connectivity index (χ4n) is 1.66. The average Bonchev–Trinajstić information content (AvgIpc) is 1.82. The maximum Gasteiger partial charge on any atom is 0.0523 e. The Labute approximate surface area is 72.5 Å². The van der Waals surface area contributed by atoms with Crippen LogP contribution in [0.15, 0.2) is 0 Å². The molecular weight excluding hydrogens is 156 g/mol. The summed E-state index contributed by atoms with van der Waals surface area (Å²) in [7, 11) is 0. The zero-order chi connectivity index (χ0) is 7.57. The van der Waals surface area contributed by atoms with Crippen LogP contribution < -0.4 is 10.6 Å². The first-order chi connectivity index (χ1) is 5.41. The first kappa shape index (κ1) is 7.90. The molecule has 0 aliphatic carbocycles. The van der Waals surface area contributed by atoms with Crippen LogP contribution in [0, 0.1) is 0 Å². The monoisotopic (exact) mass is 172 g/mol. The molecule has 0 aromatic carbocycles. The molecule has 2 heterocycles. The summed E-state index contributed by atoms with van der Waals surface area (Å²) in [5.74, 6) is 2.67. The van der Waals surface area contributed by atoms with Gasteiger partial charge in [0.2, 0.25) is 0 Å². The highest BCUT2D eigenvalue weighted by atomic mass is 32.2. The quantitative estimate of drug-likeness (QED) is 0.554. The summed E-state index contributed by atoms with van der Waals surface area (Å²) in [5.41, 5.74) is 0.477. The predicted octanol–water partition coefficient (Wildman–Crippen LogP) is 0.445. The van der Waals surface area contributed by atoms with Gasteiger partial charge in [-0.05, 0) is 25.1 Å². The minimum absolute atomic E-state index is 0.477. The van der Waals surface area contributed by atoms with Gasteiger partial charge in [0.1, 0.15) is 0 Å². The predicted molar refractivity (Wildman–Crippen MR) is 50.2 cm³/mol. The molecule has 0 saturated carbocycles. The second-order valence-corrected chi connectivity index (χ2v) is 4.68. The van der Waals surface area contributed by atoms with E-state index in [1.807, 2.05) is 0 Å². The molecule has 0 radical (unpaired) electrons. The van der Waals surface area contributed by atoms with Gasteiger partial charge in [-0.1, -0.05) is 0 Å². The van der Waals surface area contributed by atoms with Crippen LogP contribution in [0.5, 0.6) is 0 Å². The molecule has 0 aromatic rings. The summed E-state index contributed by atoms with van der Waals surface area (Å²) in [4.78, 5) is 0. The molecule has 3 heteroatoms. The summed E-state index contributed by atoms with van der Waals surface area (Å²) < 4.78 is 0. The maximum atomic E-state index is 3.65. The molecule has 11 heavy (non-hydrogen) atoms. The van der Waals surface area contributed by atoms with Crippen molar-refractivity contribution in [3.05, 3.63) is 0 Å². The average molecular weight is 172 g/mol. The number of nitrogens with one attached hydrogen (secondary N) is 2. The van der Waals surface area contributed by atoms with Crippen molar-refractivity contribution in [2.24, 2.45) is 0 Å². The van der Waals surface area contributed by atoms with E-state index >= 15 is 0 Å². The van der Waals surface area contributed by atoms with Gasteiger partial charge in [-0.2, -0.15) is 11.8 Å². The second-order valence-electron chi connectivity index (χ2n) is 3.57. The molecule has 2 aliphatic rings. The van der Waals surface area contributed by atoms with Gasteiger partial charge in [-0.3, -0.25) is 0 Å². The van der Waals surface area contributed by atoms with E-state index in [0.717, 1.165) is 0 Å². The largest absolute Gasteiger partial charge is 0.313 e. The van der Waals surface area contributed by atoms with Gasteiger partial charge in [-0.25, -0.2) is 0 Å². The van der Waals surface area contributed by atoms with Crippen LogP contribution in [-0.2, 0) is 0 Å². The molecule has 0 unspecified atom stereocenters. The lowest BCUT2D eigenvalue weighted by atomic mass is 9.95. The fourth-order valence-corrected chi connectivity index (χ4v) is 2.90. The second kappa shape index (κ2) is 3.33. The van der Waals surface area contributed by atoms with Crippen molar-refractivity contribution in [2.75, 3.05) is 31.1 Å². The number of hydrogen-bond donors (Lipinski definition) is 2. The molecule has 0 bridgehead atoms. The molecule has 64 valence electrons. The zero-order valence-corrected chi connectivity index (χ0v) is 7.67. The minimum atomic E-state index is 0.477. The molecule has 1 spiro atoms. The molecule has 0 atom stereocenters. The van der Waals surface area contributed by atoms with Gasteiger partial charge < -0.3 is 10.6 Å². The Morgan fingerprint density at radius 1 is 1.18 bits per heavy atom. The maximum absolute atomic E-state index is 3.65. The third-order valence-corrected chi connectivity index (χ3v) is 3.85. The first-order valence-electron chi connectivity index (χ1n) is 4.45. The van der Waals surface area contributed by atoms with Gasteiger partial charge in [0.15, 0.2) is 0 Å². The highest BCUT2D eigenvalue weighted by Gasteiger charge is 2.36. The van der Waals surface area contributed by atoms with Crippen LogP contribution in [0.1, 0.15) is 12.8 Å². The molecule has 0 amide bonds. The van der Waals surface area contributed by atoms with Crippen molar-refractivity contribution in [2.45, 2.75) is 18.4 Å². The smallest absolute Gasteiger partial charge is 0.0523 e. The Bertz CT molecular complexity index is 124. The van der Waals surface area contributed by atoms with Crippen LogP contribution in [0.25, 0.3) is 0 Å². The minimum Gasteiger partial charge on any atom is -0.313 e. The molecule has 2 fully saturated rings.